The van der Waals surface area contributed by atoms with Crippen LogP contribution in [-0.2, 0) is 10.0 Å². The van der Waals surface area contributed by atoms with Crippen molar-refractivity contribution in [1.82, 2.24) is 10.1 Å². The molecule has 0 aliphatic carbocycles. The van der Waals surface area contributed by atoms with Crippen LogP contribution in [-0.4, -0.2) is 18.6 Å². The van der Waals surface area contributed by atoms with Crippen LogP contribution >= 0.6 is 22.9 Å². The number of hydrogen-bond donors (Lipinski definition) is 1. The summed E-state index contributed by atoms with van der Waals surface area (Å²) < 4.78 is 30.7. The van der Waals surface area contributed by atoms with E-state index in [-0.39, 0.29) is 14.5 Å². The fourth-order valence-electron chi connectivity index (χ4n) is 1.05. The van der Waals surface area contributed by atoms with E-state index in [1.54, 1.807) is 6.92 Å². The Bertz CT molecular complexity index is 590. The Morgan fingerprint density at radius 2 is 2.31 bits per heavy atom. The van der Waals surface area contributed by atoms with Crippen LogP contribution in [0.5, 0.6) is 0 Å². The van der Waals surface area contributed by atoms with Gasteiger partial charge in [-0.3, -0.25) is 4.72 Å². The molecule has 1 N–H and O–H groups in total. The second kappa shape index (κ2) is 4.04. The number of nitrogens with zero attached hydrogens (tertiary/aromatic N) is 2. The molecular weight excluding hydrogens is 274 g/mol. The minimum Gasteiger partial charge on any atom is -0.363 e. The minimum absolute atomic E-state index is 0.0699. The molecule has 0 saturated heterocycles. The molecule has 0 aliphatic heterocycles. The smallest absolute Gasteiger partial charge is 0.274 e. The summed E-state index contributed by atoms with van der Waals surface area (Å²) in [6.45, 7) is 1.57. The quantitative estimate of drug-likeness (QED) is 0.927. The van der Waals surface area contributed by atoms with Gasteiger partial charge in [-0.15, -0.1) is 0 Å². The van der Waals surface area contributed by atoms with Crippen LogP contribution in [0.2, 0.25) is 4.47 Å². The SMILES string of the molecule is Cc1nc(Cl)sc1S(=O)(=O)Nc1ccon1. The molecule has 0 bridgehead atoms. The second-order valence-electron chi connectivity index (χ2n) is 2.83. The second-order valence-corrected chi connectivity index (χ2v) is 6.29. The Morgan fingerprint density at radius 3 is 2.81 bits per heavy atom. The van der Waals surface area contributed by atoms with Crippen molar-refractivity contribution in [3.8, 4) is 0 Å². The number of thiazole rings is 1. The molecule has 16 heavy (non-hydrogen) atoms. The third-order valence-corrected chi connectivity index (χ3v) is 4.87. The number of anilines is 1. The highest BCUT2D eigenvalue weighted by atomic mass is 35.5. The molecule has 0 aliphatic rings. The first kappa shape index (κ1) is 11.4. The molecule has 0 atom stereocenters. The monoisotopic (exact) mass is 279 g/mol. The highest BCUT2D eigenvalue weighted by Crippen LogP contribution is 2.27. The van der Waals surface area contributed by atoms with E-state index in [0.29, 0.717) is 5.69 Å². The average Bonchev–Trinajstić information content (AvgIpc) is 2.75. The number of aryl methyl sites for hydroxylation is 1. The van der Waals surface area contributed by atoms with Gasteiger partial charge in [-0.05, 0) is 6.92 Å². The molecule has 0 amide bonds. The molecule has 0 saturated carbocycles. The highest BCUT2D eigenvalue weighted by molar-refractivity contribution is 7.94. The van der Waals surface area contributed by atoms with E-state index >= 15 is 0 Å². The number of nitrogens with one attached hydrogen (secondary N) is 1. The lowest BCUT2D eigenvalue weighted by atomic mass is 10.6. The summed E-state index contributed by atoms with van der Waals surface area (Å²) >= 11 is 6.52. The first-order valence-electron chi connectivity index (χ1n) is 4.05. The molecular formula is C7H6ClN3O3S2. The largest absolute Gasteiger partial charge is 0.363 e. The number of sulfonamides is 1. The van der Waals surface area contributed by atoms with Gasteiger partial charge < -0.3 is 4.52 Å². The Hall–Kier alpha value is -1.12. The van der Waals surface area contributed by atoms with Crippen molar-refractivity contribution in [3.63, 3.8) is 0 Å². The van der Waals surface area contributed by atoms with Gasteiger partial charge in [0.05, 0.1) is 5.69 Å². The van der Waals surface area contributed by atoms with E-state index < -0.39 is 10.0 Å². The first-order valence-corrected chi connectivity index (χ1v) is 6.73. The van der Waals surface area contributed by atoms with Gasteiger partial charge in [0.2, 0.25) is 0 Å². The molecule has 86 valence electrons. The number of hydrogen-bond acceptors (Lipinski definition) is 6. The lowest BCUT2D eigenvalue weighted by molar-refractivity contribution is 0.423. The number of aromatic nitrogens is 2. The Labute approximate surface area is 100 Å². The fraction of sp³-hybridized carbons (Fsp3) is 0.143. The van der Waals surface area contributed by atoms with Gasteiger partial charge in [0.25, 0.3) is 10.0 Å². The van der Waals surface area contributed by atoms with Gasteiger partial charge in [0.1, 0.15) is 6.26 Å². The van der Waals surface area contributed by atoms with Crippen molar-refractivity contribution in [1.29, 1.82) is 0 Å². The van der Waals surface area contributed by atoms with Gasteiger partial charge in [0, 0.05) is 6.07 Å². The topological polar surface area (TPSA) is 85.1 Å². The van der Waals surface area contributed by atoms with E-state index in [4.69, 9.17) is 11.6 Å². The van der Waals surface area contributed by atoms with E-state index in [0.717, 1.165) is 11.3 Å². The predicted molar refractivity (Wildman–Crippen MR) is 59.2 cm³/mol. The van der Waals surface area contributed by atoms with Crippen molar-refractivity contribution in [2.24, 2.45) is 0 Å². The van der Waals surface area contributed by atoms with Crippen LogP contribution in [0, 0.1) is 6.92 Å². The summed E-state index contributed by atoms with van der Waals surface area (Å²) in [6, 6.07) is 1.40. The van der Waals surface area contributed by atoms with Crippen LogP contribution in [0.25, 0.3) is 0 Å². The summed E-state index contributed by atoms with van der Waals surface area (Å²) in [4.78, 5) is 3.83. The van der Waals surface area contributed by atoms with Crippen molar-refractivity contribution in [2.45, 2.75) is 11.1 Å². The molecule has 0 fully saturated rings. The van der Waals surface area contributed by atoms with Gasteiger partial charge in [-0.2, -0.15) is 0 Å². The third kappa shape index (κ3) is 2.18. The van der Waals surface area contributed by atoms with Gasteiger partial charge in [-0.1, -0.05) is 28.1 Å². The minimum atomic E-state index is -3.69. The Morgan fingerprint density at radius 1 is 1.56 bits per heavy atom. The molecule has 2 rings (SSSR count). The van der Waals surface area contributed by atoms with E-state index in [1.807, 2.05) is 0 Å². The lowest BCUT2D eigenvalue weighted by Gasteiger charge is -2.01. The highest BCUT2D eigenvalue weighted by Gasteiger charge is 2.22. The number of rotatable bonds is 3. The summed E-state index contributed by atoms with van der Waals surface area (Å²) in [7, 11) is -3.69. The molecule has 2 heterocycles. The van der Waals surface area contributed by atoms with Crippen molar-refractivity contribution in [2.75, 3.05) is 4.72 Å². The Kier molecular flexibility index (Phi) is 2.87. The first-order chi connectivity index (χ1) is 7.49. The van der Waals surface area contributed by atoms with E-state index in [9.17, 15) is 8.42 Å². The summed E-state index contributed by atoms with van der Waals surface area (Å²) in [5.41, 5.74) is 0.353. The van der Waals surface area contributed by atoms with Crippen LogP contribution in [0.1, 0.15) is 5.69 Å². The number of halogens is 1. The Balaban J connectivity index is 2.36. The molecule has 2 aromatic rings. The van der Waals surface area contributed by atoms with Crippen LogP contribution in [0.15, 0.2) is 21.1 Å². The maximum atomic E-state index is 11.9. The van der Waals surface area contributed by atoms with Crippen molar-refractivity contribution in [3.05, 3.63) is 22.5 Å². The zero-order chi connectivity index (χ0) is 11.8. The molecule has 6 nitrogen and oxygen atoms in total. The molecule has 0 unspecified atom stereocenters. The summed E-state index contributed by atoms with van der Waals surface area (Å²) in [6.07, 6.45) is 1.27. The average molecular weight is 280 g/mol. The lowest BCUT2D eigenvalue weighted by Crippen LogP contribution is -2.12. The van der Waals surface area contributed by atoms with Crippen molar-refractivity contribution < 1.29 is 12.9 Å². The molecule has 2 aromatic heterocycles. The third-order valence-electron chi connectivity index (χ3n) is 1.65. The summed E-state index contributed by atoms with van der Waals surface area (Å²) in [5.74, 6) is 0.115. The standard InChI is InChI=1S/C7H6ClN3O3S2/c1-4-6(15-7(8)9-4)16(12,13)11-5-2-3-14-10-5/h2-3H,1H3,(H,10,11). The van der Waals surface area contributed by atoms with Gasteiger partial charge in [0.15, 0.2) is 14.5 Å². The van der Waals surface area contributed by atoms with E-state index in [1.165, 1.54) is 12.3 Å². The predicted octanol–water partition coefficient (Wildman–Crippen LogP) is 1.89. The summed E-state index contributed by atoms with van der Waals surface area (Å²) in [5, 5.41) is 3.45. The normalized spacial score (nSPS) is 11.6. The molecule has 0 spiro atoms. The van der Waals surface area contributed by atoms with Crippen molar-refractivity contribution >= 4 is 38.8 Å². The van der Waals surface area contributed by atoms with E-state index in [2.05, 4.69) is 19.4 Å². The van der Waals surface area contributed by atoms with Gasteiger partial charge in [-0.25, -0.2) is 13.4 Å². The molecule has 0 radical (unpaired) electrons. The molecule has 9 heteroatoms. The maximum absolute atomic E-state index is 11.9. The van der Waals surface area contributed by atoms with Crippen LogP contribution in [0.4, 0.5) is 5.82 Å². The van der Waals surface area contributed by atoms with Gasteiger partial charge >= 0.3 is 0 Å². The molecule has 0 aromatic carbocycles. The van der Waals surface area contributed by atoms with Crippen LogP contribution < -0.4 is 4.72 Å². The van der Waals surface area contributed by atoms with Crippen LogP contribution in [0.3, 0.4) is 0 Å². The zero-order valence-corrected chi connectivity index (χ0v) is 10.4. The fourth-order valence-corrected chi connectivity index (χ4v) is 3.78. The zero-order valence-electron chi connectivity index (χ0n) is 7.97. The maximum Gasteiger partial charge on any atom is 0.274 e.